The molecule has 2 N–H and O–H groups in total. The predicted octanol–water partition coefficient (Wildman–Crippen LogP) is 10.7. The van der Waals surface area contributed by atoms with Crippen molar-refractivity contribution in [1.29, 1.82) is 0 Å². The molecule has 1 rings (SSSR count). The Morgan fingerprint density at radius 1 is 0.746 bits per heavy atom. The Morgan fingerprint density at radius 2 is 1.27 bits per heavy atom. The number of Topliss-reactive ketones (excluding diaryl/α,β-unsaturated/α-hetero) is 1. The molecule has 1 aliphatic rings. The van der Waals surface area contributed by atoms with Gasteiger partial charge in [0.2, 0.25) is 0 Å². The van der Waals surface area contributed by atoms with E-state index in [1.165, 1.54) is 83.5 Å². The number of unbranched alkanes of at least 4 members (excludes halogenated alkanes) is 20. The predicted molar refractivity (Wildman–Crippen MR) is 251 cm³/mol. The van der Waals surface area contributed by atoms with Gasteiger partial charge in [-0.3, -0.25) is 18.9 Å². The van der Waals surface area contributed by atoms with Crippen LogP contribution in [0.1, 0.15) is 200 Å². The summed E-state index contributed by atoms with van der Waals surface area (Å²) in [5.41, 5.74) is 0. The van der Waals surface area contributed by atoms with Crippen molar-refractivity contribution in [3.63, 3.8) is 0 Å². The molecule has 1 fully saturated rings. The van der Waals surface area contributed by atoms with Crippen LogP contribution in [-0.2, 0) is 37.5 Å². The Balaban J connectivity index is 2.40. The van der Waals surface area contributed by atoms with Crippen LogP contribution in [0.25, 0.3) is 0 Å². The van der Waals surface area contributed by atoms with Crippen LogP contribution < -0.4 is 4.89 Å². The molecular formula is C50H92NO11P. The second kappa shape index (κ2) is 37.2. The molecule has 0 amide bonds. The summed E-state index contributed by atoms with van der Waals surface area (Å²) in [6, 6.07) is 0. The van der Waals surface area contributed by atoms with Gasteiger partial charge in [0.1, 0.15) is 25.5 Å². The third-order valence-electron chi connectivity index (χ3n) is 11.8. The Bertz CT molecular complexity index is 1290. The monoisotopic (exact) mass is 914 g/mol. The second-order valence-corrected chi connectivity index (χ2v) is 20.4. The number of carbonyl (C=O) groups is 3. The Kier molecular flexibility index (Phi) is 34.9. The van der Waals surface area contributed by atoms with E-state index in [1.54, 1.807) is 6.08 Å². The maximum Gasteiger partial charge on any atom is 0.306 e. The summed E-state index contributed by atoms with van der Waals surface area (Å²) in [7, 11) is 1.02. The molecule has 12 nitrogen and oxygen atoms in total. The first-order chi connectivity index (χ1) is 30.2. The number of carbonyl (C=O) groups excluding carboxylic acids is 3. The van der Waals surface area contributed by atoms with E-state index in [2.05, 4.69) is 26.0 Å². The zero-order chi connectivity index (χ0) is 46.6. The SMILES string of the molecule is CCCCCCCC/C=C\CCCCCCCCCCCC(=O)OC[C@H](COP(=O)([O-])OCC[N+](C)(C)C)OC(=O)CCCCCC[C@H]1C(=O)C[C@@H](O)[C@@H]1/C=C/[C@@H](O)CCCCC. The van der Waals surface area contributed by atoms with Crippen LogP contribution in [0.5, 0.6) is 0 Å². The Hall–Kier alpha value is -1.92. The molecule has 0 aromatic rings. The third kappa shape index (κ3) is 34.1. The largest absolute Gasteiger partial charge is 0.756 e. The molecule has 6 atom stereocenters. The lowest BCUT2D eigenvalue weighted by atomic mass is 9.88. The van der Waals surface area contributed by atoms with Crippen molar-refractivity contribution in [2.24, 2.45) is 11.8 Å². The van der Waals surface area contributed by atoms with Crippen LogP contribution in [0.3, 0.4) is 0 Å². The van der Waals surface area contributed by atoms with Gasteiger partial charge in [-0.25, -0.2) is 0 Å². The zero-order valence-corrected chi connectivity index (χ0v) is 41.4. The van der Waals surface area contributed by atoms with E-state index in [9.17, 15) is 34.1 Å². The molecule has 0 aromatic heterocycles. The fraction of sp³-hybridized carbons (Fsp3) is 0.860. The maximum absolute atomic E-state index is 12.8. The van der Waals surface area contributed by atoms with E-state index in [0.29, 0.717) is 43.1 Å². The Morgan fingerprint density at radius 3 is 1.86 bits per heavy atom. The number of ketones is 1. The fourth-order valence-electron chi connectivity index (χ4n) is 7.84. The minimum Gasteiger partial charge on any atom is -0.756 e. The van der Waals surface area contributed by atoms with Crippen LogP contribution in [0.2, 0.25) is 0 Å². The van der Waals surface area contributed by atoms with Crippen molar-refractivity contribution in [3.05, 3.63) is 24.3 Å². The van der Waals surface area contributed by atoms with E-state index in [1.807, 2.05) is 27.2 Å². The molecule has 0 spiro atoms. The summed E-state index contributed by atoms with van der Waals surface area (Å²) in [4.78, 5) is 50.5. The van der Waals surface area contributed by atoms with Crippen LogP contribution in [0, 0.1) is 11.8 Å². The van der Waals surface area contributed by atoms with Crippen LogP contribution >= 0.6 is 7.82 Å². The number of hydrogen-bond acceptors (Lipinski definition) is 11. The van der Waals surface area contributed by atoms with E-state index >= 15 is 0 Å². The molecule has 13 heteroatoms. The van der Waals surface area contributed by atoms with Gasteiger partial charge in [0, 0.05) is 31.1 Å². The number of nitrogens with zero attached hydrogens (tertiary/aromatic N) is 1. The van der Waals surface area contributed by atoms with Crippen LogP contribution in [0.4, 0.5) is 0 Å². The minimum absolute atomic E-state index is 0.0422. The van der Waals surface area contributed by atoms with Gasteiger partial charge in [-0.1, -0.05) is 154 Å². The molecule has 1 aliphatic carbocycles. The highest BCUT2D eigenvalue weighted by atomic mass is 31.2. The normalized spacial score (nSPS) is 18.9. The van der Waals surface area contributed by atoms with E-state index in [-0.39, 0.29) is 50.1 Å². The Labute approximate surface area is 383 Å². The van der Waals surface area contributed by atoms with Crippen molar-refractivity contribution < 1.29 is 57.1 Å². The van der Waals surface area contributed by atoms with Gasteiger partial charge in [0.25, 0.3) is 7.82 Å². The lowest BCUT2D eigenvalue weighted by Crippen LogP contribution is -2.37. The van der Waals surface area contributed by atoms with Crippen molar-refractivity contribution in [3.8, 4) is 0 Å². The van der Waals surface area contributed by atoms with Crippen LogP contribution in [-0.4, -0.2) is 98.2 Å². The summed E-state index contributed by atoms with van der Waals surface area (Å²) < 4.78 is 34.0. The molecule has 0 bridgehead atoms. The fourth-order valence-corrected chi connectivity index (χ4v) is 8.57. The number of esters is 2. The highest BCUT2D eigenvalue weighted by molar-refractivity contribution is 7.45. The molecule has 368 valence electrons. The first kappa shape index (κ1) is 59.1. The third-order valence-corrected chi connectivity index (χ3v) is 12.8. The van der Waals surface area contributed by atoms with Crippen molar-refractivity contribution in [1.82, 2.24) is 0 Å². The number of quaternary nitrogens is 1. The summed E-state index contributed by atoms with van der Waals surface area (Å²) in [6.45, 7) is 3.86. The molecule has 0 saturated heterocycles. The molecule has 1 saturated carbocycles. The highest BCUT2D eigenvalue weighted by Gasteiger charge is 2.39. The average molecular weight is 914 g/mol. The van der Waals surface area contributed by atoms with Gasteiger partial charge in [0.15, 0.2) is 6.10 Å². The van der Waals surface area contributed by atoms with E-state index < -0.39 is 44.7 Å². The number of aliphatic hydroxyl groups excluding tert-OH is 2. The number of aliphatic hydroxyl groups is 2. The van der Waals surface area contributed by atoms with Crippen molar-refractivity contribution in [2.75, 3.05) is 47.5 Å². The summed E-state index contributed by atoms with van der Waals surface area (Å²) in [6.07, 6.45) is 33.8. The van der Waals surface area contributed by atoms with Gasteiger partial charge in [-0.05, 0) is 51.4 Å². The average Bonchev–Trinajstić information content (AvgIpc) is 3.50. The number of likely N-dealkylation sites (N-methyl/N-ethyl adjacent to an activating group) is 1. The highest BCUT2D eigenvalue weighted by Crippen LogP contribution is 2.38. The summed E-state index contributed by atoms with van der Waals surface area (Å²) in [5.74, 6) is -1.54. The maximum atomic E-state index is 12.8. The number of allylic oxidation sites excluding steroid dienone is 2. The minimum atomic E-state index is -4.70. The van der Waals surface area contributed by atoms with Gasteiger partial charge in [0.05, 0.1) is 40.0 Å². The molecule has 0 radical (unpaired) electrons. The lowest BCUT2D eigenvalue weighted by Gasteiger charge is -2.28. The van der Waals surface area contributed by atoms with Crippen molar-refractivity contribution >= 4 is 25.5 Å². The first-order valence-electron chi connectivity index (χ1n) is 25.1. The van der Waals surface area contributed by atoms with Crippen LogP contribution in [0.15, 0.2) is 24.3 Å². The molecular weight excluding hydrogens is 822 g/mol. The smallest absolute Gasteiger partial charge is 0.306 e. The summed E-state index contributed by atoms with van der Waals surface area (Å²) in [5, 5.41) is 20.8. The number of phosphoric ester groups is 1. The molecule has 0 aromatic carbocycles. The number of phosphoric acid groups is 1. The first-order valence-corrected chi connectivity index (χ1v) is 26.6. The van der Waals surface area contributed by atoms with E-state index in [4.69, 9.17) is 18.5 Å². The lowest BCUT2D eigenvalue weighted by molar-refractivity contribution is -0.870. The number of hydrogen-bond donors (Lipinski definition) is 2. The molecule has 0 heterocycles. The quantitative estimate of drug-likeness (QED) is 0.0197. The van der Waals surface area contributed by atoms with Gasteiger partial charge in [-0.2, -0.15) is 0 Å². The second-order valence-electron chi connectivity index (χ2n) is 19.0. The molecule has 63 heavy (non-hydrogen) atoms. The standard InChI is InChI=1S/C50H92NO11P/c1-6-8-10-11-12-13-14-15-16-17-18-19-20-21-22-23-24-25-30-34-49(55)59-41-44(42-61-63(57,58)60-39-38-51(3,4)5)62-50(56)35-31-27-26-29-33-45-46(48(54)40-47(45)53)37-36-43(52)32-28-9-7-2/h15-16,36-37,43-46,48,52,54H,6-14,17-35,38-42H2,1-5H3/b16-15-,37-36+/t43-,44+,45+,46+,48+/m0/s1. The molecule has 1 unspecified atom stereocenters. The molecule has 0 aliphatic heterocycles. The summed E-state index contributed by atoms with van der Waals surface area (Å²) >= 11 is 0. The van der Waals surface area contributed by atoms with Crippen molar-refractivity contribution in [2.45, 2.75) is 218 Å². The van der Waals surface area contributed by atoms with Gasteiger partial charge < -0.3 is 38.1 Å². The zero-order valence-electron chi connectivity index (χ0n) is 40.5. The number of ether oxygens (including phenoxy) is 2. The van der Waals surface area contributed by atoms with Gasteiger partial charge in [-0.15, -0.1) is 0 Å². The van der Waals surface area contributed by atoms with E-state index in [0.717, 1.165) is 51.4 Å². The topological polar surface area (TPSA) is 169 Å². The van der Waals surface area contributed by atoms with Gasteiger partial charge >= 0.3 is 11.9 Å². The number of rotatable bonds is 42.